The number of carbonyl (C=O) groups is 2. The van der Waals surface area contributed by atoms with Gasteiger partial charge >= 0.3 is 0 Å². The van der Waals surface area contributed by atoms with Gasteiger partial charge in [0.2, 0.25) is 0 Å². The van der Waals surface area contributed by atoms with E-state index >= 15 is 0 Å². The van der Waals surface area contributed by atoms with Gasteiger partial charge in [0.25, 0.3) is 11.8 Å². The first-order valence-electron chi connectivity index (χ1n) is 11.5. The Bertz CT molecular complexity index is 1300. The van der Waals surface area contributed by atoms with Crippen molar-refractivity contribution in [1.82, 2.24) is 15.2 Å². The van der Waals surface area contributed by atoms with Crippen LogP contribution >= 0.6 is 15.9 Å². The highest BCUT2D eigenvalue weighted by molar-refractivity contribution is 9.10. The van der Waals surface area contributed by atoms with Crippen LogP contribution in [0.15, 0.2) is 53.1 Å². The summed E-state index contributed by atoms with van der Waals surface area (Å²) in [6.07, 6.45) is 3.62. The Labute approximate surface area is 207 Å². The summed E-state index contributed by atoms with van der Waals surface area (Å²) in [5.74, 6) is -0.128. The minimum Gasteiger partial charge on any atom is -0.361 e. The van der Waals surface area contributed by atoms with Crippen molar-refractivity contribution in [2.24, 2.45) is 0 Å². The Morgan fingerprint density at radius 2 is 1.79 bits per heavy atom. The maximum Gasteiger partial charge on any atom is 0.256 e. The van der Waals surface area contributed by atoms with Crippen molar-refractivity contribution in [1.29, 1.82) is 0 Å². The van der Waals surface area contributed by atoms with Crippen molar-refractivity contribution < 1.29 is 9.59 Å². The average Bonchev–Trinajstić information content (AvgIpc) is 3.32. The average molecular weight is 519 g/mol. The van der Waals surface area contributed by atoms with Crippen molar-refractivity contribution in [3.63, 3.8) is 0 Å². The molecule has 0 spiro atoms. The highest BCUT2D eigenvalue weighted by atomic mass is 79.9. The van der Waals surface area contributed by atoms with Gasteiger partial charge in [0, 0.05) is 52.8 Å². The number of carbonyl (C=O) groups excluding carboxylic acids is 2. The number of aromatic nitrogens is 1. The molecule has 0 saturated carbocycles. The predicted octanol–water partition coefficient (Wildman–Crippen LogP) is 5.07. The van der Waals surface area contributed by atoms with Gasteiger partial charge in [0.15, 0.2) is 0 Å². The number of benzene rings is 2. The van der Waals surface area contributed by atoms with Crippen molar-refractivity contribution in [2.75, 3.05) is 18.4 Å². The first kappa shape index (κ1) is 22.6. The molecule has 0 aliphatic carbocycles. The Kier molecular flexibility index (Phi) is 5.91. The number of fused-ring (bicyclic) bond motifs is 1. The van der Waals surface area contributed by atoms with E-state index in [0.29, 0.717) is 24.2 Å². The summed E-state index contributed by atoms with van der Waals surface area (Å²) < 4.78 is 1.00. The molecule has 2 aliphatic heterocycles. The molecule has 2 amide bonds. The molecule has 5 rings (SSSR count). The molecular formula is C27H27BrN4O2. The van der Waals surface area contributed by atoms with Crippen LogP contribution in [0.1, 0.15) is 41.0 Å². The first-order valence-corrected chi connectivity index (χ1v) is 12.3. The molecule has 2 atom stereocenters. The minimum absolute atomic E-state index is 0.0189. The van der Waals surface area contributed by atoms with E-state index in [-0.39, 0.29) is 23.9 Å². The second-order valence-electron chi connectivity index (χ2n) is 9.17. The molecule has 7 heteroatoms. The van der Waals surface area contributed by atoms with Crippen LogP contribution in [0.4, 0.5) is 5.69 Å². The van der Waals surface area contributed by atoms with Gasteiger partial charge in [-0.25, -0.2) is 0 Å². The van der Waals surface area contributed by atoms with Crippen LogP contribution < -0.4 is 10.6 Å². The lowest BCUT2D eigenvalue weighted by Gasteiger charge is -2.36. The third-order valence-corrected chi connectivity index (χ3v) is 7.05. The smallest absolute Gasteiger partial charge is 0.256 e. The molecule has 1 fully saturated rings. The van der Waals surface area contributed by atoms with Crippen LogP contribution in [0.2, 0.25) is 0 Å². The molecule has 3 aromatic rings. The van der Waals surface area contributed by atoms with E-state index in [0.717, 1.165) is 38.1 Å². The van der Waals surface area contributed by atoms with Crippen LogP contribution in [0.5, 0.6) is 0 Å². The van der Waals surface area contributed by atoms with Gasteiger partial charge in [0.05, 0.1) is 11.1 Å². The van der Waals surface area contributed by atoms with E-state index in [9.17, 15) is 9.59 Å². The van der Waals surface area contributed by atoms with E-state index in [1.807, 2.05) is 60.4 Å². The van der Waals surface area contributed by atoms with E-state index in [1.54, 1.807) is 6.20 Å². The molecule has 1 saturated heterocycles. The SMILES string of the molecule is Cc1c(C(=O)N2CC(C)NC(C)C2)c[nH]c1C=C1C(=O)Nc2cccc(-c3ccc(Br)cc3)c21. The molecule has 0 radical (unpaired) electrons. The van der Waals surface area contributed by atoms with Crippen molar-refractivity contribution in [3.05, 3.63) is 75.5 Å². The molecule has 2 aromatic carbocycles. The second kappa shape index (κ2) is 8.89. The standard InChI is InChI=1S/C27H27BrN4O2/c1-15-13-32(14-16(2)30-15)27(34)22-12-29-24(17(22)3)11-21-25-20(18-7-9-19(28)10-8-18)5-4-6-23(25)31-26(21)33/h4-12,15-16,29-30H,13-14H2,1-3H3,(H,31,33). The monoisotopic (exact) mass is 518 g/mol. The lowest BCUT2D eigenvalue weighted by Crippen LogP contribution is -2.55. The Hall–Kier alpha value is -3.16. The van der Waals surface area contributed by atoms with E-state index in [4.69, 9.17) is 0 Å². The zero-order chi connectivity index (χ0) is 24.0. The number of amides is 2. The van der Waals surface area contributed by atoms with E-state index in [2.05, 4.69) is 45.4 Å². The zero-order valence-electron chi connectivity index (χ0n) is 19.4. The number of hydrogen-bond acceptors (Lipinski definition) is 3. The number of aromatic amines is 1. The Morgan fingerprint density at radius 3 is 2.50 bits per heavy atom. The van der Waals surface area contributed by atoms with Gasteiger partial charge in [-0.2, -0.15) is 0 Å². The van der Waals surface area contributed by atoms with Crippen LogP contribution in [-0.2, 0) is 4.79 Å². The van der Waals surface area contributed by atoms with Crippen LogP contribution in [0, 0.1) is 6.92 Å². The summed E-state index contributed by atoms with van der Waals surface area (Å²) in [4.78, 5) is 31.4. The normalized spacial score (nSPS) is 21.0. The fourth-order valence-electron chi connectivity index (χ4n) is 4.95. The second-order valence-corrected chi connectivity index (χ2v) is 10.1. The highest BCUT2D eigenvalue weighted by Gasteiger charge is 2.30. The van der Waals surface area contributed by atoms with Gasteiger partial charge in [0.1, 0.15) is 0 Å². The number of anilines is 1. The first-order chi connectivity index (χ1) is 16.3. The fraction of sp³-hybridized carbons (Fsp3) is 0.259. The summed E-state index contributed by atoms with van der Waals surface area (Å²) in [5.41, 5.74) is 6.53. The van der Waals surface area contributed by atoms with Gasteiger partial charge in [-0.05, 0) is 61.7 Å². The molecule has 3 N–H and O–H groups in total. The summed E-state index contributed by atoms with van der Waals surface area (Å²) in [6.45, 7) is 7.47. The lowest BCUT2D eigenvalue weighted by atomic mass is 9.94. The number of hydrogen-bond donors (Lipinski definition) is 3. The maximum atomic E-state index is 13.3. The molecule has 3 heterocycles. The molecule has 2 unspecified atom stereocenters. The van der Waals surface area contributed by atoms with Gasteiger partial charge in [-0.1, -0.05) is 40.2 Å². The predicted molar refractivity (Wildman–Crippen MR) is 140 cm³/mol. The zero-order valence-corrected chi connectivity index (χ0v) is 21.0. The van der Waals surface area contributed by atoms with Crippen LogP contribution in [0.25, 0.3) is 22.8 Å². The molecule has 34 heavy (non-hydrogen) atoms. The van der Waals surface area contributed by atoms with Crippen molar-refractivity contribution in [3.8, 4) is 11.1 Å². The van der Waals surface area contributed by atoms with Crippen LogP contribution in [0.3, 0.4) is 0 Å². The van der Waals surface area contributed by atoms with Crippen molar-refractivity contribution in [2.45, 2.75) is 32.9 Å². The molecule has 174 valence electrons. The third kappa shape index (κ3) is 4.10. The molecular weight excluding hydrogens is 492 g/mol. The quantitative estimate of drug-likeness (QED) is 0.423. The van der Waals surface area contributed by atoms with Crippen molar-refractivity contribution >= 4 is 45.1 Å². The number of nitrogens with one attached hydrogen (secondary N) is 3. The topological polar surface area (TPSA) is 77.2 Å². The molecule has 2 aliphatic rings. The Balaban J connectivity index is 1.52. The summed E-state index contributed by atoms with van der Waals surface area (Å²) in [6, 6.07) is 14.5. The molecule has 6 nitrogen and oxygen atoms in total. The van der Waals surface area contributed by atoms with Gasteiger partial charge in [-0.3, -0.25) is 9.59 Å². The number of rotatable bonds is 3. The molecule has 1 aromatic heterocycles. The number of halogens is 1. The summed E-state index contributed by atoms with van der Waals surface area (Å²) in [7, 11) is 0. The fourth-order valence-corrected chi connectivity index (χ4v) is 5.21. The Morgan fingerprint density at radius 1 is 1.09 bits per heavy atom. The molecule has 0 bridgehead atoms. The number of nitrogens with zero attached hydrogens (tertiary/aromatic N) is 1. The van der Waals surface area contributed by atoms with Gasteiger partial charge in [-0.15, -0.1) is 0 Å². The van der Waals surface area contributed by atoms with Gasteiger partial charge < -0.3 is 20.5 Å². The summed E-state index contributed by atoms with van der Waals surface area (Å²) in [5, 5.41) is 6.45. The minimum atomic E-state index is -0.147. The summed E-state index contributed by atoms with van der Waals surface area (Å²) >= 11 is 3.49. The number of H-pyrrole nitrogens is 1. The third-order valence-electron chi connectivity index (χ3n) is 6.53. The van der Waals surface area contributed by atoms with E-state index < -0.39 is 0 Å². The largest absolute Gasteiger partial charge is 0.361 e. The van der Waals surface area contributed by atoms with E-state index in [1.165, 1.54) is 0 Å². The number of piperazine rings is 1. The highest BCUT2D eigenvalue weighted by Crippen LogP contribution is 2.40. The lowest BCUT2D eigenvalue weighted by molar-refractivity contribution is -0.110. The van der Waals surface area contributed by atoms with Crippen LogP contribution in [-0.4, -0.2) is 46.9 Å². The maximum absolute atomic E-state index is 13.3.